The number of carbonyl (C=O) groups excluding carboxylic acids is 2. The van der Waals surface area contributed by atoms with E-state index >= 15 is 0 Å². The number of hydrogen-bond donors (Lipinski definition) is 1. The van der Waals surface area contributed by atoms with Gasteiger partial charge in [-0.2, -0.15) is 0 Å². The number of oxazole rings is 1. The molecule has 0 radical (unpaired) electrons. The maximum Gasteiger partial charge on any atom is 0.242 e. The summed E-state index contributed by atoms with van der Waals surface area (Å²) in [5.74, 6) is 1.55. The van der Waals surface area contributed by atoms with Gasteiger partial charge < -0.3 is 19.4 Å². The van der Waals surface area contributed by atoms with Crippen LogP contribution in [-0.4, -0.2) is 48.0 Å². The van der Waals surface area contributed by atoms with E-state index in [0.29, 0.717) is 26.1 Å². The molecule has 1 aromatic rings. The van der Waals surface area contributed by atoms with Crippen molar-refractivity contribution >= 4 is 11.8 Å². The van der Waals surface area contributed by atoms with Crippen molar-refractivity contribution in [2.24, 2.45) is 0 Å². The van der Waals surface area contributed by atoms with Gasteiger partial charge in [-0.25, -0.2) is 4.98 Å². The molecule has 2 aliphatic heterocycles. The molecule has 2 aliphatic rings. The molecule has 0 aromatic carbocycles. The Morgan fingerprint density at radius 3 is 3.05 bits per heavy atom. The average Bonchev–Trinajstić information content (AvgIpc) is 3.11. The van der Waals surface area contributed by atoms with Crippen LogP contribution < -0.4 is 5.32 Å². The van der Waals surface area contributed by atoms with Crippen molar-refractivity contribution < 1.29 is 18.7 Å². The van der Waals surface area contributed by atoms with Crippen molar-refractivity contribution in [3.8, 4) is 0 Å². The normalized spacial score (nSPS) is 21.2. The number of ether oxygens (including phenoxy) is 1. The maximum absolute atomic E-state index is 12.0. The first-order valence-corrected chi connectivity index (χ1v) is 7.22. The summed E-state index contributed by atoms with van der Waals surface area (Å²) in [6.45, 7) is 3.89. The summed E-state index contributed by atoms with van der Waals surface area (Å²) in [6, 6.07) is 0. The number of nitrogens with one attached hydrogen (secondary N) is 1. The first kappa shape index (κ1) is 14.1. The lowest BCUT2D eigenvalue weighted by atomic mass is 10.1. The Bertz CT molecular complexity index is 548. The van der Waals surface area contributed by atoms with Gasteiger partial charge in [0, 0.05) is 26.5 Å². The molecule has 1 atom stereocenters. The Labute approximate surface area is 122 Å². The van der Waals surface area contributed by atoms with Crippen LogP contribution in [0.15, 0.2) is 4.42 Å². The number of amides is 2. The van der Waals surface area contributed by atoms with Crippen LogP contribution in [0, 0.1) is 0 Å². The van der Waals surface area contributed by atoms with Crippen LogP contribution >= 0.6 is 0 Å². The predicted molar refractivity (Wildman–Crippen MR) is 72.5 cm³/mol. The second-order valence-electron chi connectivity index (χ2n) is 5.46. The van der Waals surface area contributed by atoms with E-state index in [0.717, 1.165) is 30.4 Å². The quantitative estimate of drug-likeness (QED) is 0.860. The number of hydrogen-bond acceptors (Lipinski definition) is 5. The van der Waals surface area contributed by atoms with E-state index in [-0.39, 0.29) is 24.3 Å². The van der Waals surface area contributed by atoms with Crippen LogP contribution in [0.2, 0.25) is 0 Å². The summed E-state index contributed by atoms with van der Waals surface area (Å²) < 4.78 is 11.2. The number of rotatable bonds is 3. The molecular weight excluding hydrogens is 274 g/mol. The van der Waals surface area contributed by atoms with Crippen LogP contribution in [0.4, 0.5) is 0 Å². The number of aromatic nitrogens is 1. The highest BCUT2D eigenvalue weighted by molar-refractivity contribution is 5.83. The summed E-state index contributed by atoms with van der Waals surface area (Å²) in [5.41, 5.74) is 0.833. The van der Waals surface area contributed by atoms with Gasteiger partial charge >= 0.3 is 0 Å². The van der Waals surface area contributed by atoms with Crippen LogP contribution in [0.5, 0.6) is 0 Å². The monoisotopic (exact) mass is 293 g/mol. The molecule has 7 heteroatoms. The van der Waals surface area contributed by atoms with Crippen molar-refractivity contribution in [1.82, 2.24) is 15.2 Å². The molecule has 3 heterocycles. The lowest BCUT2D eigenvalue weighted by molar-refractivity contribution is -0.133. The summed E-state index contributed by atoms with van der Waals surface area (Å²) in [4.78, 5) is 29.1. The summed E-state index contributed by atoms with van der Waals surface area (Å²) in [7, 11) is 0. The zero-order valence-electron chi connectivity index (χ0n) is 12.1. The largest absolute Gasteiger partial charge is 0.445 e. The molecule has 7 nitrogen and oxygen atoms in total. The molecule has 2 amide bonds. The average molecular weight is 293 g/mol. The Balaban J connectivity index is 1.64. The molecule has 1 aromatic heterocycles. The molecule has 3 rings (SSSR count). The van der Waals surface area contributed by atoms with Gasteiger partial charge in [0.05, 0.1) is 25.6 Å². The fourth-order valence-electron chi connectivity index (χ4n) is 2.65. The van der Waals surface area contributed by atoms with Gasteiger partial charge in [-0.15, -0.1) is 0 Å². The van der Waals surface area contributed by atoms with Crippen molar-refractivity contribution in [3.63, 3.8) is 0 Å². The first-order valence-electron chi connectivity index (χ1n) is 7.22. The van der Waals surface area contributed by atoms with Gasteiger partial charge in [-0.1, -0.05) is 0 Å². The fraction of sp³-hybridized carbons (Fsp3) is 0.643. The zero-order chi connectivity index (χ0) is 14.8. The summed E-state index contributed by atoms with van der Waals surface area (Å²) >= 11 is 0. The summed E-state index contributed by atoms with van der Waals surface area (Å²) in [5, 5.41) is 2.53. The van der Waals surface area contributed by atoms with Crippen LogP contribution in [-0.2, 0) is 27.3 Å². The number of nitrogens with zero attached hydrogens (tertiary/aromatic N) is 2. The lowest BCUT2D eigenvalue weighted by Crippen LogP contribution is -2.42. The third kappa shape index (κ3) is 3.07. The highest BCUT2D eigenvalue weighted by Gasteiger charge is 2.29. The Morgan fingerprint density at radius 2 is 2.33 bits per heavy atom. The SMILES string of the molecule is CC(=O)NCC(=O)N1CCc2oc(C3CCOC3)nc2C1. The van der Waals surface area contributed by atoms with Crippen molar-refractivity contribution in [2.75, 3.05) is 26.3 Å². The van der Waals surface area contributed by atoms with E-state index in [1.807, 2.05) is 0 Å². The Morgan fingerprint density at radius 1 is 1.48 bits per heavy atom. The molecule has 114 valence electrons. The Hall–Kier alpha value is -1.89. The van der Waals surface area contributed by atoms with Crippen LogP contribution in [0.25, 0.3) is 0 Å². The second kappa shape index (κ2) is 5.85. The smallest absolute Gasteiger partial charge is 0.242 e. The van der Waals surface area contributed by atoms with E-state index in [1.165, 1.54) is 6.92 Å². The van der Waals surface area contributed by atoms with Crippen LogP contribution in [0.3, 0.4) is 0 Å². The van der Waals surface area contributed by atoms with Gasteiger partial charge in [-0.3, -0.25) is 9.59 Å². The molecule has 0 saturated carbocycles. The molecular formula is C14H19N3O4. The fourth-order valence-corrected chi connectivity index (χ4v) is 2.65. The lowest BCUT2D eigenvalue weighted by Gasteiger charge is -2.25. The molecule has 1 N–H and O–H groups in total. The van der Waals surface area contributed by atoms with E-state index in [4.69, 9.17) is 9.15 Å². The van der Waals surface area contributed by atoms with Gasteiger partial charge in [0.2, 0.25) is 11.8 Å². The van der Waals surface area contributed by atoms with E-state index in [1.54, 1.807) is 4.90 Å². The molecule has 1 saturated heterocycles. The van der Waals surface area contributed by atoms with Crippen LogP contribution in [0.1, 0.15) is 36.6 Å². The second-order valence-corrected chi connectivity index (χ2v) is 5.46. The van der Waals surface area contributed by atoms with E-state index in [9.17, 15) is 9.59 Å². The standard InChI is InChI=1S/C14H19N3O4/c1-9(18)15-6-13(19)17-4-2-12-11(7-17)16-14(21-12)10-3-5-20-8-10/h10H,2-8H2,1H3,(H,15,18). The minimum atomic E-state index is -0.203. The molecule has 21 heavy (non-hydrogen) atoms. The summed E-state index contributed by atoms with van der Waals surface area (Å²) in [6.07, 6.45) is 1.60. The third-order valence-electron chi connectivity index (χ3n) is 3.86. The van der Waals surface area contributed by atoms with Gasteiger partial charge in [-0.05, 0) is 6.42 Å². The van der Waals surface area contributed by atoms with E-state index in [2.05, 4.69) is 10.3 Å². The molecule has 0 spiro atoms. The van der Waals surface area contributed by atoms with Crippen molar-refractivity contribution in [2.45, 2.75) is 32.2 Å². The Kier molecular flexibility index (Phi) is 3.92. The van der Waals surface area contributed by atoms with Gasteiger partial charge in [0.25, 0.3) is 0 Å². The molecule has 1 fully saturated rings. The predicted octanol–water partition coefficient (Wildman–Crippen LogP) is 0.199. The number of fused-ring (bicyclic) bond motifs is 1. The highest BCUT2D eigenvalue weighted by atomic mass is 16.5. The van der Waals surface area contributed by atoms with E-state index < -0.39 is 0 Å². The maximum atomic E-state index is 12.0. The van der Waals surface area contributed by atoms with Crippen molar-refractivity contribution in [1.29, 1.82) is 0 Å². The molecule has 1 unspecified atom stereocenters. The highest BCUT2D eigenvalue weighted by Crippen LogP contribution is 2.28. The number of carbonyl (C=O) groups is 2. The van der Waals surface area contributed by atoms with Gasteiger partial charge in [0.15, 0.2) is 5.89 Å². The molecule has 0 bridgehead atoms. The minimum Gasteiger partial charge on any atom is -0.445 e. The van der Waals surface area contributed by atoms with Gasteiger partial charge in [0.1, 0.15) is 11.5 Å². The topological polar surface area (TPSA) is 84.7 Å². The first-order chi connectivity index (χ1) is 10.1. The minimum absolute atomic E-state index is 0.0336. The molecule has 0 aliphatic carbocycles. The zero-order valence-corrected chi connectivity index (χ0v) is 12.1. The van der Waals surface area contributed by atoms with Crippen molar-refractivity contribution in [3.05, 3.63) is 17.3 Å². The third-order valence-corrected chi connectivity index (χ3v) is 3.86.